The molecule has 1 heterocycles. The Balaban J connectivity index is 2.49. The summed E-state index contributed by atoms with van der Waals surface area (Å²) in [5, 5.41) is 9.34. The highest BCUT2D eigenvalue weighted by Gasteiger charge is 2.34. The zero-order valence-corrected chi connectivity index (χ0v) is 10.6. The molecule has 0 amide bonds. The second-order valence-corrected chi connectivity index (χ2v) is 4.21. The third-order valence-corrected chi connectivity index (χ3v) is 2.75. The van der Waals surface area contributed by atoms with Gasteiger partial charge in [0.1, 0.15) is 6.10 Å². The molecule has 1 saturated heterocycles. The molecular formula is C14H22O3. The number of aliphatic hydroxyl groups excluding tert-OH is 1. The molecule has 0 aliphatic carbocycles. The molecule has 0 saturated carbocycles. The van der Waals surface area contributed by atoms with Crippen LogP contribution in [0.25, 0.3) is 0 Å². The molecule has 1 rings (SSSR count). The fourth-order valence-electron chi connectivity index (χ4n) is 1.76. The number of rotatable bonds is 6. The van der Waals surface area contributed by atoms with Gasteiger partial charge in [0, 0.05) is 6.42 Å². The van der Waals surface area contributed by atoms with Crippen LogP contribution in [0.2, 0.25) is 0 Å². The molecule has 17 heavy (non-hydrogen) atoms. The molecule has 96 valence electrons. The Bertz CT molecular complexity index is 282. The van der Waals surface area contributed by atoms with E-state index in [0.717, 1.165) is 19.3 Å². The van der Waals surface area contributed by atoms with Crippen molar-refractivity contribution in [3.63, 3.8) is 0 Å². The fourth-order valence-corrected chi connectivity index (χ4v) is 1.76. The highest BCUT2D eigenvalue weighted by molar-refractivity contribution is 5.17. The van der Waals surface area contributed by atoms with Crippen molar-refractivity contribution in [2.24, 2.45) is 0 Å². The van der Waals surface area contributed by atoms with Crippen LogP contribution in [0.15, 0.2) is 12.7 Å². The molecule has 3 heteroatoms. The molecule has 1 aliphatic rings. The second kappa shape index (κ2) is 7.50. The molecule has 1 atom stereocenters. The molecule has 3 nitrogen and oxygen atoms in total. The Hall–Kier alpha value is -0.820. The summed E-state index contributed by atoms with van der Waals surface area (Å²) in [4.78, 5) is 0. The van der Waals surface area contributed by atoms with Crippen LogP contribution in [0.4, 0.5) is 0 Å². The maximum Gasteiger partial charge on any atom is 0.233 e. The monoisotopic (exact) mass is 238 g/mol. The Morgan fingerprint density at radius 3 is 2.65 bits per heavy atom. The number of unbranched alkanes of at least 4 members (excludes halogenated alkanes) is 3. The van der Waals surface area contributed by atoms with Crippen LogP contribution in [0.3, 0.4) is 0 Å². The Kier molecular flexibility index (Phi) is 6.28. The van der Waals surface area contributed by atoms with E-state index in [4.69, 9.17) is 9.47 Å². The Morgan fingerprint density at radius 1 is 1.35 bits per heavy atom. The van der Waals surface area contributed by atoms with Gasteiger partial charge in [-0.15, -0.1) is 0 Å². The summed E-state index contributed by atoms with van der Waals surface area (Å²) in [5.41, 5.74) is 0. The van der Waals surface area contributed by atoms with Crippen molar-refractivity contribution < 1.29 is 14.6 Å². The van der Waals surface area contributed by atoms with Crippen LogP contribution >= 0.6 is 0 Å². The van der Waals surface area contributed by atoms with Crippen molar-refractivity contribution >= 4 is 0 Å². The van der Waals surface area contributed by atoms with Gasteiger partial charge >= 0.3 is 0 Å². The quantitative estimate of drug-likeness (QED) is 0.438. The van der Waals surface area contributed by atoms with Crippen LogP contribution in [-0.2, 0) is 9.47 Å². The van der Waals surface area contributed by atoms with Crippen molar-refractivity contribution in [3.05, 3.63) is 12.7 Å². The summed E-state index contributed by atoms with van der Waals surface area (Å²) >= 11 is 0. The first-order valence-electron chi connectivity index (χ1n) is 6.33. The van der Waals surface area contributed by atoms with E-state index in [1.165, 1.54) is 18.9 Å². The third kappa shape index (κ3) is 4.91. The average molecular weight is 238 g/mol. The third-order valence-electron chi connectivity index (χ3n) is 2.75. The smallest absolute Gasteiger partial charge is 0.233 e. The van der Waals surface area contributed by atoms with Crippen molar-refractivity contribution in [3.8, 4) is 11.8 Å². The highest BCUT2D eigenvalue weighted by Crippen LogP contribution is 2.25. The van der Waals surface area contributed by atoms with Gasteiger partial charge < -0.3 is 14.6 Å². The lowest BCUT2D eigenvalue weighted by atomic mass is 10.1. The second-order valence-electron chi connectivity index (χ2n) is 4.21. The maximum absolute atomic E-state index is 9.34. The first-order valence-corrected chi connectivity index (χ1v) is 6.33. The lowest BCUT2D eigenvalue weighted by Gasteiger charge is -2.21. The van der Waals surface area contributed by atoms with Gasteiger partial charge in [-0.25, -0.2) is 0 Å². The number of hydrogen-bond donors (Lipinski definition) is 1. The molecule has 1 fully saturated rings. The number of hydrogen-bond acceptors (Lipinski definition) is 3. The van der Waals surface area contributed by atoms with Gasteiger partial charge in [-0.1, -0.05) is 44.8 Å². The lowest BCUT2D eigenvalue weighted by Crippen LogP contribution is -2.28. The van der Waals surface area contributed by atoms with Gasteiger partial charge in [-0.3, -0.25) is 0 Å². The zero-order chi connectivity index (χ0) is 12.6. The minimum absolute atomic E-state index is 0.576. The topological polar surface area (TPSA) is 38.7 Å². The van der Waals surface area contributed by atoms with Crippen molar-refractivity contribution in [1.82, 2.24) is 0 Å². The zero-order valence-electron chi connectivity index (χ0n) is 10.6. The van der Waals surface area contributed by atoms with Gasteiger partial charge in [0.25, 0.3) is 0 Å². The molecule has 0 radical (unpaired) electrons. The molecule has 1 unspecified atom stereocenters. The summed E-state index contributed by atoms with van der Waals surface area (Å²) in [6.45, 7) is 6.81. The van der Waals surface area contributed by atoms with Gasteiger partial charge in [0.15, 0.2) is 0 Å². The van der Waals surface area contributed by atoms with Crippen molar-refractivity contribution in [2.45, 2.75) is 50.9 Å². The molecule has 0 aromatic rings. The molecule has 0 spiro atoms. The largest absolute Gasteiger partial charge is 0.377 e. The summed E-state index contributed by atoms with van der Waals surface area (Å²) in [5.74, 6) is 4.81. The van der Waals surface area contributed by atoms with Gasteiger partial charge in [-0.2, -0.15) is 0 Å². The van der Waals surface area contributed by atoms with Crippen LogP contribution in [0, 0.1) is 11.8 Å². The number of ether oxygens (including phenoxy) is 2. The minimum Gasteiger partial charge on any atom is -0.377 e. The lowest BCUT2D eigenvalue weighted by molar-refractivity contribution is -0.114. The summed E-state index contributed by atoms with van der Waals surface area (Å²) < 4.78 is 11.1. The van der Waals surface area contributed by atoms with Crippen LogP contribution in [-0.4, -0.2) is 30.2 Å². The van der Waals surface area contributed by atoms with Crippen LogP contribution in [0.1, 0.15) is 39.0 Å². The van der Waals surface area contributed by atoms with Gasteiger partial charge in [0.2, 0.25) is 5.79 Å². The standard InChI is InChI=1S/C14H22O3/c1-3-5-6-7-9-14(16-11-12-17-14)10-8-13(15)4-2/h4,13,15H,2-3,5-7,9,11-12H2,1H3. The summed E-state index contributed by atoms with van der Waals surface area (Å²) in [7, 11) is 0. The van der Waals surface area contributed by atoms with E-state index in [0.29, 0.717) is 13.2 Å². The molecule has 1 N–H and O–H groups in total. The Morgan fingerprint density at radius 2 is 2.06 bits per heavy atom. The van der Waals surface area contributed by atoms with E-state index in [9.17, 15) is 5.11 Å². The molecular weight excluding hydrogens is 216 g/mol. The van der Waals surface area contributed by atoms with Crippen LogP contribution in [0.5, 0.6) is 0 Å². The molecule has 0 bridgehead atoms. The van der Waals surface area contributed by atoms with E-state index in [-0.39, 0.29) is 0 Å². The minimum atomic E-state index is -0.810. The molecule has 1 aliphatic heterocycles. The van der Waals surface area contributed by atoms with E-state index in [1.54, 1.807) is 0 Å². The van der Waals surface area contributed by atoms with E-state index >= 15 is 0 Å². The van der Waals surface area contributed by atoms with Crippen molar-refractivity contribution in [2.75, 3.05) is 13.2 Å². The summed E-state index contributed by atoms with van der Waals surface area (Å²) in [6, 6.07) is 0. The normalized spacial score (nSPS) is 19.4. The van der Waals surface area contributed by atoms with E-state index in [2.05, 4.69) is 25.3 Å². The fraction of sp³-hybridized carbons (Fsp3) is 0.714. The average Bonchev–Trinajstić information content (AvgIpc) is 2.81. The molecule has 0 aromatic carbocycles. The van der Waals surface area contributed by atoms with E-state index in [1.807, 2.05) is 0 Å². The van der Waals surface area contributed by atoms with Crippen molar-refractivity contribution in [1.29, 1.82) is 0 Å². The predicted molar refractivity (Wildman–Crippen MR) is 67.4 cm³/mol. The maximum atomic E-state index is 9.34. The molecule has 0 aromatic heterocycles. The first-order chi connectivity index (χ1) is 8.22. The number of aliphatic hydroxyl groups is 1. The van der Waals surface area contributed by atoms with E-state index < -0.39 is 11.9 Å². The van der Waals surface area contributed by atoms with Crippen LogP contribution < -0.4 is 0 Å². The first kappa shape index (κ1) is 14.2. The van der Waals surface area contributed by atoms with Gasteiger partial charge in [0.05, 0.1) is 13.2 Å². The Labute approximate surface area is 104 Å². The summed E-state index contributed by atoms with van der Waals surface area (Å²) in [6.07, 6.45) is 5.98. The van der Waals surface area contributed by atoms with Gasteiger partial charge in [-0.05, 0) is 12.3 Å². The SMILES string of the molecule is C=CC(O)C#CC1(CCCCCC)OCCO1. The predicted octanol–water partition coefficient (Wildman–Crippen LogP) is 2.25. The highest BCUT2D eigenvalue weighted by atomic mass is 16.7.